The van der Waals surface area contributed by atoms with Crippen molar-refractivity contribution in [1.82, 2.24) is 19.9 Å². The Labute approximate surface area is 134 Å². The summed E-state index contributed by atoms with van der Waals surface area (Å²) in [5.41, 5.74) is 0. The maximum Gasteiger partial charge on any atom is 0.224 e. The number of hydrogen-bond acceptors (Lipinski definition) is 5. The van der Waals surface area contributed by atoms with E-state index in [0.717, 1.165) is 12.4 Å². The fraction of sp³-hybridized carbons (Fsp3) is 0.273. The molecule has 0 saturated carbocycles. The van der Waals surface area contributed by atoms with Crippen LogP contribution in [0.4, 0.5) is 14.6 Å². The zero-order chi connectivity index (χ0) is 16.0. The highest BCUT2D eigenvalue weighted by Gasteiger charge is 2.05. The monoisotopic (exact) mass is 355 g/mol. The third kappa shape index (κ3) is 6.33. The van der Waals surface area contributed by atoms with E-state index in [-0.39, 0.29) is 27.6 Å². The Hall–Kier alpha value is -1.31. The summed E-state index contributed by atoms with van der Waals surface area (Å²) < 4.78 is 25.1. The minimum absolute atomic E-state index is 0.0413. The third-order valence-corrected chi connectivity index (χ3v) is 2.44. The quantitative estimate of drug-likeness (QED) is 0.650. The summed E-state index contributed by atoms with van der Waals surface area (Å²) in [7, 11) is 0. The zero-order valence-electron chi connectivity index (χ0n) is 10.9. The fourth-order valence-corrected chi connectivity index (χ4v) is 1.49. The molecule has 0 saturated heterocycles. The molecule has 114 valence electrons. The van der Waals surface area contributed by atoms with E-state index in [1.807, 2.05) is 13.8 Å². The highest BCUT2D eigenvalue weighted by Crippen LogP contribution is 2.12. The van der Waals surface area contributed by atoms with E-state index >= 15 is 0 Å². The van der Waals surface area contributed by atoms with Crippen molar-refractivity contribution in [2.24, 2.45) is 0 Å². The normalized spacial score (nSPS) is 10.1. The molecule has 0 aliphatic heterocycles. The van der Waals surface area contributed by atoms with Gasteiger partial charge < -0.3 is 5.32 Å². The van der Waals surface area contributed by atoms with E-state index in [1.165, 1.54) is 0 Å². The zero-order valence-corrected chi connectivity index (χ0v) is 13.2. The molecule has 0 aromatic carbocycles. The molecule has 0 spiro atoms. The van der Waals surface area contributed by atoms with E-state index in [4.69, 9.17) is 34.8 Å². The summed E-state index contributed by atoms with van der Waals surface area (Å²) in [6.07, 6.45) is 1.96. The Balaban J connectivity index is 0.000000219. The second kappa shape index (κ2) is 8.21. The number of rotatable bonds is 2. The highest BCUT2D eigenvalue weighted by molar-refractivity contribution is 6.31. The molecule has 0 atom stereocenters. The van der Waals surface area contributed by atoms with E-state index in [0.29, 0.717) is 0 Å². The molecule has 2 aromatic rings. The second-order valence-electron chi connectivity index (χ2n) is 3.91. The van der Waals surface area contributed by atoms with Crippen LogP contribution in [0.25, 0.3) is 0 Å². The van der Waals surface area contributed by atoms with E-state index in [2.05, 4.69) is 25.3 Å². The van der Waals surface area contributed by atoms with Crippen molar-refractivity contribution in [1.29, 1.82) is 0 Å². The van der Waals surface area contributed by atoms with Gasteiger partial charge in [-0.25, -0.2) is 23.7 Å². The molecular formula is C11H10Cl3F2N5. The van der Waals surface area contributed by atoms with E-state index < -0.39 is 11.6 Å². The predicted molar refractivity (Wildman–Crippen MR) is 77.8 cm³/mol. The summed E-state index contributed by atoms with van der Waals surface area (Å²) in [6.45, 7) is 3.77. The van der Waals surface area contributed by atoms with Crippen LogP contribution in [0.5, 0.6) is 0 Å². The molecule has 0 bridgehead atoms. The molecule has 0 fully saturated rings. The van der Waals surface area contributed by atoms with Crippen LogP contribution in [0, 0.1) is 11.6 Å². The third-order valence-electron chi connectivity index (χ3n) is 1.81. The number of hydrogen-bond donors (Lipinski definition) is 1. The van der Waals surface area contributed by atoms with Gasteiger partial charge in [-0.3, -0.25) is 0 Å². The molecule has 1 N–H and O–H groups in total. The van der Waals surface area contributed by atoms with Crippen molar-refractivity contribution in [2.75, 3.05) is 5.32 Å². The van der Waals surface area contributed by atoms with Crippen molar-refractivity contribution < 1.29 is 8.78 Å². The van der Waals surface area contributed by atoms with Crippen LogP contribution in [0.1, 0.15) is 13.8 Å². The Morgan fingerprint density at radius 2 is 1.48 bits per heavy atom. The summed E-state index contributed by atoms with van der Waals surface area (Å²) in [6, 6.07) is 0.116. The number of nitrogens with zero attached hydrogens (tertiary/aromatic N) is 4. The SMILES string of the molecule is CC(C)Nc1nc(Cl)ncc1F.Fc1cnc(Cl)nc1Cl. The molecule has 0 unspecified atom stereocenters. The first-order valence-electron chi connectivity index (χ1n) is 5.57. The van der Waals surface area contributed by atoms with Gasteiger partial charge in [0.2, 0.25) is 10.6 Å². The lowest BCUT2D eigenvalue weighted by molar-refractivity contribution is 0.614. The lowest BCUT2D eigenvalue weighted by atomic mass is 10.4. The minimum Gasteiger partial charge on any atom is -0.365 e. The Bertz CT molecular complexity index is 612. The molecule has 0 aliphatic rings. The van der Waals surface area contributed by atoms with Crippen molar-refractivity contribution in [3.8, 4) is 0 Å². The molecule has 0 radical (unpaired) electrons. The van der Waals surface area contributed by atoms with Crippen LogP contribution in [-0.4, -0.2) is 26.0 Å². The van der Waals surface area contributed by atoms with Gasteiger partial charge in [0.05, 0.1) is 12.4 Å². The maximum atomic E-state index is 12.9. The van der Waals surface area contributed by atoms with Gasteiger partial charge in [-0.05, 0) is 37.0 Å². The molecule has 2 heterocycles. The predicted octanol–water partition coefficient (Wildman–Crippen LogP) is 4.01. The van der Waals surface area contributed by atoms with E-state index in [9.17, 15) is 8.78 Å². The van der Waals surface area contributed by atoms with Crippen LogP contribution in [-0.2, 0) is 0 Å². The van der Waals surface area contributed by atoms with Crippen LogP contribution in [0.15, 0.2) is 12.4 Å². The van der Waals surface area contributed by atoms with Gasteiger partial charge in [-0.15, -0.1) is 0 Å². The van der Waals surface area contributed by atoms with Crippen molar-refractivity contribution in [3.63, 3.8) is 0 Å². The standard InChI is InChI=1S/C7H9ClFN3.C4HCl2FN2/c1-4(2)11-6-5(9)3-10-7(8)12-6;5-3-2(7)1-8-4(6)9-3/h3-4H,1-2H3,(H,10,11,12);1H. The largest absolute Gasteiger partial charge is 0.365 e. The Morgan fingerprint density at radius 3 is 1.95 bits per heavy atom. The Morgan fingerprint density at radius 1 is 0.952 bits per heavy atom. The molecular weight excluding hydrogens is 347 g/mol. The number of nitrogens with one attached hydrogen (secondary N) is 1. The van der Waals surface area contributed by atoms with Gasteiger partial charge in [-0.2, -0.15) is 4.98 Å². The maximum absolute atomic E-state index is 12.9. The van der Waals surface area contributed by atoms with Crippen LogP contribution in [0.2, 0.25) is 15.7 Å². The van der Waals surface area contributed by atoms with E-state index in [1.54, 1.807) is 0 Å². The minimum atomic E-state index is -0.666. The lowest BCUT2D eigenvalue weighted by Crippen LogP contribution is -2.12. The van der Waals surface area contributed by atoms with Gasteiger partial charge in [0, 0.05) is 6.04 Å². The molecule has 2 aromatic heterocycles. The molecule has 2 rings (SSSR count). The first-order valence-corrected chi connectivity index (χ1v) is 6.71. The second-order valence-corrected chi connectivity index (χ2v) is 4.95. The van der Waals surface area contributed by atoms with Crippen molar-refractivity contribution in [3.05, 3.63) is 39.7 Å². The first-order chi connectivity index (χ1) is 9.79. The number of anilines is 1. The molecule has 10 heteroatoms. The van der Waals surface area contributed by atoms with Crippen LogP contribution in [0.3, 0.4) is 0 Å². The van der Waals surface area contributed by atoms with Crippen molar-refractivity contribution >= 4 is 40.6 Å². The lowest BCUT2D eigenvalue weighted by Gasteiger charge is -2.08. The van der Waals surface area contributed by atoms with Gasteiger partial charge in [0.1, 0.15) is 0 Å². The van der Waals surface area contributed by atoms with Crippen LogP contribution < -0.4 is 5.32 Å². The summed E-state index contributed by atoms with van der Waals surface area (Å²) in [5.74, 6) is -1.01. The average molecular weight is 357 g/mol. The molecule has 5 nitrogen and oxygen atoms in total. The van der Waals surface area contributed by atoms with Gasteiger partial charge >= 0.3 is 0 Å². The summed E-state index contributed by atoms with van der Waals surface area (Å²) in [4.78, 5) is 13.8. The average Bonchev–Trinajstić information content (AvgIpc) is 2.39. The fourth-order valence-electron chi connectivity index (χ4n) is 1.05. The molecule has 0 aliphatic carbocycles. The van der Waals surface area contributed by atoms with Crippen molar-refractivity contribution in [2.45, 2.75) is 19.9 Å². The van der Waals surface area contributed by atoms with Gasteiger partial charge in [-0.1, -0.05) is 11.6 Å². The number of halogens is 5. The molecule has 0 amide bonds. The van der Waals surface area contributed by atoms with Gasteiger partial charge in [0.15, 0.2) is 22.6 Å². The Kier molecular flexibility index (Phi) is 6.94. The van der Waals surface area contributed by atoms with Gasteiger partial charge in [0.25, 0.3) is 0 Å². The smallest absolute Gasteiger partial charge is 0.224 e. The first kappa shape index (κ1) is 17.7. The summed E-state index contributed by atoms with van der Waals surface area (Å²) >= 11 is 15.9. The highest BCUT2D eigenvalue weighted by atomic mass is 35.5. The summed E-state index contributed by atoms with van der Waals surface area (Å²) in [5, 5.41) is 2.54. The topological polar surface area (TPSA) is 63.6 Å². The number of aromatic nitrogens is 4. The molecule has 21 heavy (non-hydrogen) atoms. The van der Waals surface area contributed by atoms with Crippen LogP contribution >= 0.6 is 34.8 Å².